The van der Waals surface area contributed by atoms with Gasteiger partial charge >= 0.3 is 0 Å². The van der Waals surface area contributed by atoms with Crippen LogP contribution in [0.25, 0.3) is 10.9 Å². The first-order chi connectivity index (χ1) is 10.7. The molecule has 1 aromatic heterocycles. The monoisotopic (exact) mass is 327 g/mol. The molecule has 4 heteroatoms. The van der Waals surface area contributed by atoms with E-state index < -0.39 is 0 Å². The van der Waals surface area contributed by atoms with Gasteiger partial charge in [-0.3, -0.25) is 0 Å². The number of fused-ring (bicyclic) bond motifs is 1. The Labute approximate surface area is 143 Å². The molecule has 0 aliphatic carbocycles. The van der Waals surface area contributed by atoms with Crippen molar-refractivity contribution in [1.82, 2.24) is 4.57 Å². The largest absolute Gasteiger partial charge is 0.378 e. The number of pyridine rings is 1. The molecule has 3 nitrogen and oxygen atoms in total. The standard InChI is InChI=1S/C19H21N3.ClH/c1-4-22-14-13-18(17-7-5-6-8-19(17)22)20-15-9-11-16(12-10-15)21(2)3;/h5-14H,4H2,1-3H3;1H. The normalized spacial score (nSPS) is 11.3. The van der Waals surface area contributed by atoms with Crippen LogP contribution in [0.3, 0.4) is 0 Å². The number of hydrogen-bond donors (Lipinski definition) is 0. The second-order valence-corrected chi connectivity index (χ2v) is 5.53. The SMILES string of the molecule is CCn1ccc(=Nc2ccc(N(C)C)cc2)c2ccccc21.Cl. The number of anilines is 1. The third-order valence-corrected chi connectivity index (χ3v) is 3.86. The van der Waals surface area contributed by atoms with Crippen molar-refractivity contribution in [2.24, 2.45) is 4.99 Å². The molecular weight excluding hydrogens is 306 g/mol. The van der Waals surface area contributed by atoms with Gasteiger partial charge < -0.3 is 9.47 Å². The molecule has 2 aromatic carbocycles. The van der Waals surface area contributed by atoms with Crippen LogP contribution in [0, 0.1) is 0 Å². The van der Waals surface area contributed by atoms with Gasteiger partial charge in [-0.1, -0.05) is 18.2 Å². The lowest BCUT2D eigenvalue weighted by molar-refractivity contribution is 0.787. The molecule has 0 aliphatic rings. The van der Waals surface area contributed by atoms with Crippen LogP contribution in [-0.2, 0) is 6.54 Å². The number of benzene rings is 2. The lowest BCUT2D eigenvalue weighted by Gasteiger charge is -2.12. The number of halogens is 1. The molecule has 3 rings (SSSR count). The van der Waals surface area contributed by atoms with Gasteiger partial charge in [0.15, 0.2) is 0 Å². The molecule has 0 spiro atoms. The van der Waals surface area contributed by atoms with Gasteiger partial charge in [-0.2, -0.15) is 0 Å². The van der Waals surface area contributed by atoms with Gasteiger partial charge in [0.05, 0.1) is 16.6 Å². The summed E-state index contributed by atoms with van der Waals surface area (Å²) in [5.41, 5.74) is 3.38. The molecule has 0 amide bonds. The van der Waals surface area contributed by atoms with E-state index in [0.717, 1.165) is 17.6 Å². The first kappa shape index (κ1) is 17.1. The first-order valence-electron chi connectivity index (χ1n) is 7.59. The smallest absolute Gasteiger partial charge is 0.0744 e. The van der Waals surface area contributed by atoms with E-state index in [1.807, 2.05) is 14.1 Å². The van der Waals surface area contributed by atoms with Crippen molar-refractivity contribution in [3.63, 3.8) is 0 Å². The predicted molar refractivity (Wildman–Crippen MR) is 101 cm³/mol. The van der Waals surface area contributed by atoms with E-state index in [4.69, 9.17) is 4.99 Å². The Morgan fingerprint density at radius 1 is 0.957 bits per heavy atom. The zero-order chi connectivity index (χ0) is 15.5. The van der Waals surface area contributed by atoms with Crippen LogP contribution >= 0.6 is 12.4 Å². The molecule has 0 unspecified atom stereocenters. The molecule has 0 N–H and O–H groups in total. The molecule has 120 valence electrons. The summed E-state index contributed by atoms with van der Waals surface area (Å²) >= 11 is 0. The highest BCUT2D eigenvalue weighted by molar-refractivity contribution is 5.85. The van der Waals surface area contributed by atoms with Gasteiger partial charge in [0.1, 0.15) is 0 Å². The Balaban J connectivity index is 0.00000192. The first-order valence-corrected chi connectivity index (χ1v) is 7.59. The third kappa shape index (κ3) is 3.57. The van der Waals surface area contributed by atoms with E-state index in [1.165, 1.54) is 16.6 Å². The number of rotatable bonds is 3. The van der Waals surface area contributed by atoms with E-state index in [1.54, 1.807) is 0 Å². The van der Waals surface area contributed by atoms with Crippen LogP contribution in [0.5, 0.6) is 0 Å². The topological polar surface area (TPSA) is 20.5 Å². The minimum absolute atomic E-state index is 0. The van der Waals surface area contributed by atoms with Crippen LogP contribution in [-0.4, -0.2) is 18.7 Å². The molecule has 3 aromatic rings. The molecule has 1 heterocycles. The quantitative estimate of drug-likeness (QED) is 0.699. The highest BCUT2D eigenvalue weighted by Gasteiger charge is 2.00. The van der Waals surface area contributed by atoms with Gasteiger partial charge in [-0.15, -0.1) is 12.4 Å². The fourth-order valence-electron chi connectivity index (χ4n) is 2.61. The van der Waals surface area contributed by atoms with Crippen LogP contribution in [0.15, 0.2) is 65.8 Å². The van der Waals surface area contributed by atoms with Crippen LogP contribution in [0.1, 0.15) is 6.92 Å². The van der Waals surface area contributed by atoms with Gasteiger partial charge in [0.2, 0.25) is 0 Å². The lowest BCUT2D eigenvalue weighted by atomic mass is 10.2. The molecule has 0 fully saturated rings. The lowest BCUT2D eigenvalue weighted by Crippen LogP contribution is -2.09. The highest BCUT2D eigenvalue weighted by atomic mass is 35.5. The van der Waals surface area contributed by atoms with Crippen molar-refractivity contribution in [2.75, 3.05) is 19.0 Å². The third-order valence-electron chi connectivity index (χ3n) is 3.86. The van der Waals surface area contributed by atoms with Crippen molar-refractivity contribution >= 4 is 34.7 Å². The number of aromatic nitrogens is 1. The molecule has 0 atom stereocenters. The second kappa shape index (κ2) is 7.34. The maximum Gasteiger partial charge on any atom is 0.0744 e. The Morgan fingerprint density at radius 3 is 2.30 bits per heavy atom. The summed E-state index contributed by atoms with van der Waals surface area (Å²) in [7, 11) is 4.08. The summed E-state index contributed by atoms with van der Waals surface area (Å²) in [4.78, 5) is 6.90. The summed E-state index contributed by atoms with van der Waals surface area (Å²) < 4.78 is 2.24. The molecule has 23 heavy (non-hydrogen) atoms. The maximum absolute atomic E-state index is 4.81. The highest BCUT2D eigenvalue weighted by Crippen LogP contribution is 2.18. The maximum atomic E-state index is 4.81. The number of para-hydroxylation sites is 1. The van der Waals surface area contributed by atoms with E-state index >= 15 is 0 Å². The zero-order valence-electron chi connectivity index (χ0n) is 13.7. The van der Waals surface area contributed by atoms with Gasteiger partial charge in [-0.25, -0.2) is 4.99 Å². The minimum Gasteiger partial charge on any atom is -0.378 e. The van der Waals surface area contributed by atoms with Gasteiger partial charge in [0, 0.05) is 37.9 Å². The van der Waals surface area contributed by atoms with Gasteiger partial charge in [0.25, 0.3) is 0 Å². The molecular formula is C19H22ClN3. The average molecular weight is 328 g/mol. The number of hydrogen-bond acceptors (Lipinski definition) is 2. The molecule has 0 bridgehead atoms. The van der Waals surface area contributed by atoms with Crippen molar-refractivity contribution < 1.29 is 0 Å². The molecule has 0 saturated carbocycles. The summed E-state index contributed by atoms with van der Waals surface area (Å²) in [6, 6.07) is 18.8. The second-order valence-electron chi connectivity index (χ2n) is 5.53. The van der Waals surface area contributed by atoms with Gasteiger partial charge in [-0.05, 0) is 43.3 Å². The van der Waals surface area contributed by atoms with Crippen molar-refractivity contribution in [1.29, 1.82) is 0 Å². The van der Waals surface area contributed by atoms with Crippen LogP contribution < -0.4 is 10.3 Å². The van der Waals surface area contributed by atoms with E-state index in [2.05, 4.69) is 77.2 Å². The fraction of sp³-hybridized carbons (Fsp3) is 0.211. The number of nitrogens with zero attached hydrogens (tertiary/aromatic N) is 3. The predicted octanol–water partition coefficient (Wildman–Crippen LogP) is 4.38. The van der Waals surface area contributed by atoms with E-state index in [0.29, 0.717) is 0 Å². The molecule has 0 aliphatic heterocycles. The Bertz CT molecular complexity index is 848. The summed E-state index contributed by atoms with van der Waals surface area (Å²) in [6.07, 6.45) is 2.11. The van der Waals surface area contributed by atoms with Crippen molar-refractivity contribution in [2.45, 2.75) is 13.5 Å². The average Bonchev–Trinajstić information content (AvgIpc) is 2.55. The Kier molecular flexibility index (Phi) is 5.45. The minimum atomic E-state index is 0. The summed E-state index contributed by atoms with van der Waals surface area (Å²) in [6.45, 7) is 3.11. The van der Waals surface area contributed by atoms with Crippen molar-refractivity contribution in [3.05, 3.63) is 66.2 Å². The summed E-state index contributed by atoms with van der Waals surface area (Å²) in [5.74, 6) is 0. The fourth-order valence-corrected chi connectivity index (χ4v) is 2.61. The number of aryl methyl sites for hydroxylation is 1. The zero-order valence-corrected chi connectivity index (χ0v) is 14.5. The molecule has 0 radical (unpaired) electrons. The van der Waals surface area contributed by atoms with Crippen LogP contribution in [0.2, 0.25) is 0 Å². The van der Waals surface area contributed by atoms with Crippen LogP contribution in [0.4, 0.5) is 11.4 Å². The Morgan fingerprint density at radius 2 is 1.65 bits per heavy atom. The van der Waals surface area contributed by atoms with E-state index in [-0.39, 0.29) is 12.4 Å². The van der Waals surface area contributed by atoms with Crippen molar-refractivity contribution in [3.8, 4) is 0 Å². The Hall–Kier alpha value is -2.26. The molecule has 0 saturated heterocycles. The summed E-state index contributed by atoms with van der Waals surface area (Å²) in [5, 5.41) is 2.20. The van der Waals surface area contributed by atoms with E-state index in [9.17, 15) is 0 Å².